The molecule has 1 N–H and O–H groups in total. The highest BCUT2D eigenvalue weighted by atomic mass is 35.5. The molecule has 0 spiro atoms. The van der Waals surface area contributed by atoms with Crippen molar-refractivity contribution in [1.82, 2.24) is 5.32 Å². The molecule has 0 aliphatic heterocycles. The summed E-state index contributed by atoms with van der Waals surface area (Å²) in [4.78, 5) is 0. The van der Waals surface area contributed by atoms with E-state index in [4.69, 9.17) is 16.3 Å². The van der Waals surface area contributed by atoms with E-state index >= 15 is 0 Å². The van der Waals surface area contributed by atoms with E-state index in [0.717, 1.165) is 11.1 Å². The van der Waals surface area contributed by atoms with Crippen molar-refractivity contribution in [1.29, 1.82) is 5.26 Å². The summed E-state index contributed by atoms with van der Waals surface area (Å²) in [5.74, 6) is 1.07. The fourth-order valence-electron chi connectivity index (χ4n) is 1.87. The highest BCUT2D eigenvalue weighted by Crippen LogP contribution is 2.32. The number of ether oxygens (including phenoxy) is 1. The van der Waals surface area contributed by atoms with E-state index in [9.17, 15) is 5.26 Å². The minimum absolute atomic E-state index is 0.496. The first-order chi connectivity index (χ1) is 9.63. The average Bonchev–Trinajstić information content (AvgIpc) is 2.44. The summed E-state index contributed by atoms with van der Waals surface area (Å²) in [6.45, 7) is 2.67. The van der Waals surface area contributed by atoms with E-state index in [2.05, 4.69) is 11.4 Å². The largest absolute Gasteiger partial charge is 0.454 e. The highest BCUT2D eigenvalue weighted by Gasteiger charge is 2.09. The van der Waals surface area contributed by atoms with Crippen molar-refractivity contribution in [3.05, 3.63) is 58.1 Å². The Morgan fingerprint density at radius 1 is 1.20 bits per heavy atom. The molecule has 2 rings (SSSR count). The van der Waals surface area contributed by atoms with Gasteiger partial charge in [-0.2, -0.15) is 5.26 Å². The van der Waals surface area contributed by atoms with E-state index < -0.39 is 0 Å². The Balaban J connectivity index is 2.34. The van der Waals surface area contributed by atoms with Crippen molar-refractivity contribution in [2.75, 3.05) is 7.05 Å². The number of benzene rings is 2. The second kappa shape index (κ2) is 6.42. The maximum atomic E-state index is 9.23. The lowest BCUT2D eigenvalue weighted by atomic mass is 10.1. The number of hydrogen-bond donors (Lipinski definition) is 1. The van der Waals surface area contributed by atoms with Crippen LogP contribution >= 0.6 is 11.6 Å². The van der Waals surface area contributed by atoms with Gasteiger partial charge in [0.1, 0.15) is 17.6 Å². The number of rotatable bonds is 4. The quantitative estimate of drug-likeness (QED) is 0.923. The number of halogens is 1. The van der Waals surface area contributed by atoms with Gasteiger partial charge in [-0.1, -0.05) is 23.7 Å². The molecule has 0 radical (unpaired) electrons. The molecule has 0 heterocycles. The molecule has 2 aromatic carbocycles. The van der Waals surface area contributed by atoms with Gasteiger partial charge in [0.15, 0.2) is 0 Å². The summed E-state index contributed by atoms with van der Waals surface area (Å²) in [5, 5.41) is 12.8. The zero-order valence-electron chi connectivity index (χ0n) is 11.4. The van der Waals surface area contributed by atoms with Gasteiger partial charge in [-0.3, -0.25) is 0 Å². The predicted molar refractivity (Wildman–Crippen MR) is 80.2 cm³/mol. The average molecular weight is 287 g/mol. The van der Waals surface area contributed by atoms with Crippen LogP contribution in [0.25, 0.3) is 0 Å². The van der Waals surface area contributed by atoms with Gasteiger partial charge >= 0.3 is 0 Å². The molecule has 0 bridgehead atoms. The van der Waals surface area contributed by atoms with Crippen molar-refractivity contribution in [3.63, 3.8) is 0 Å². The predicted octanol–water partition coefficient (Wildman–Crippen LogP) is 4.03. The van der Waals surface area contributed by atoms with Crippen LogP contribution in [0.3, 0.4) is 0 Å². The minimum Gasteiger partial charge on any atom is -0.454 e. The van der Waals surface area contributed by atoms with E-state index in [1.165, 1.54) is 0 Å². The Kier molecular flexibility index (Phi) is 4.62. The van der Waals surface area contributed by atoms with Crippen LogP contribution in [0, 0.1) is 18.3 Å². The molecule has 4 heteroatoms. The number of nitriles is 1. The van der Waals surface area contributed by atoms with Gasteiger partial charge < -0.3 is 10.1 Å². The van der Waals surface area contributed by atoms with Crippen LogP contribution in [-0.2, 0) is 6.54 Å². The fraction of sp³-hybridized carbons (Fsp3) is 0.188. The molecule has 0 amide bonds. The summed E-state index contributed by atoms with van der Waals surface area (Å²) in [7, 11) is 1.86. The lowest BCUT2D eigenvalue weighted by Crippen LogP contribution is -2.05. The molecule has 3 nitrogen and oxygen atoms in total. The molecule has 0 saturated heterocycles. The van der Waals surface area contributed by atoms with Crippen molar-refractivity contribution in [3.8, 4) is 17.6 Å². The third-order valence-corrected chi connectivity index (χ3v) is 3.16. The smallest absolute Gasteiger partial charge is 0.146 e. The lowest BCUT2D eigenvalue weighted by molar-refractivity contribution is 0.480. The Bertz CT molecular complexity index is 662. The van der Waals surface area contributed by atoms with Crippen LogP contribution in [0.5, 0.6) is 11.5 Å². The first kappa shape index (κ1) is 14.4. The molecular weight excluding hydrogens is 272 g/mol. The zero-order chi connectivity index (χ0) is 14.5. The second-order valence-corrected chi connectivity index (χ2v) is 4.92. The van der Waals surface area contributed by atoms with Crippen molar-refractivity contribution in [2.45, 2.75) is 13.5 Å². The Morgan fingerprint density at radius 2 is 2.00 bits per heavy atom. The topological polar surface area (TPSA) is 45.0 Å². The van der Waals surface area contributed by atoms with Crippen LogP contribution in [0.2, 0.25) is 5.02 Å². The van der Waals surface area contributed by atoms with E-state index in [0.29, 0.717) is 28.6 Å². The number of aryl methyl sites for hydroxylation is 1. The molecule has 0 aliphatic rings. The van der Waals surface area contributed by atoms with Gasteiger partial charge in [-0.25, -0.2) is 0 Å². The summed E-state index contributed by atoms with van der Waals surface area (Å²) in [6.07, 6.45) is 0. The molecule has 0 aliphatic carbocycles. The van der Waals surface area contributed by atoms with Gasteiger partial charge in [0, 0.05) is 6.54 Å². The molecule has 0 saturated carbocycles. The Hall–Kier alpha value is -2.02. The van der Waals surface area contributed by atoms with Gasteiger partial charge in [0.2, 0.25) is 0 Å². The second-order valence-electron chi connectivity index (χ2n) is 4.51. The number of nitrogens with zero attached hydrogens (tertiary/aromatic N) is 1. The van der Waals surface area contributed by atoms with Crippen LogP contribution in [0.4, 0.5) is 0 Å². The van der Waals surface area contributed by atoms with Crippen LogP contribution in [-0.4, -0.2) is 7.05 Å². The van der Waals surface area contributed by atoms with E-state index in [-0.39, 0.29) is 0 Å². The van der Waals surface area contributed by atoms with Gasteiger partial charge in [0.25, 0.3) is 0 Å². The molecule has 2 aromatic rings. The molecule has 20 heavy (non-hydrogen) atoms. The molecule has 0 unspecified atom stereocenters. The van der Waals surface area contributed by atoms with Crippen LogP contribution < -0.4 is 10.1 Å². The first-order valence-corrected chi connectivity index (χ1v) is 6.63. The SMILES string of the molecule is CNCc1ccc(Oc2cc(C)ccc2Cl)c(C#N)c1. The van der Waals surface area contributed by atoms with Crippen molar-refractivity contribution < 1.29 is 4.74 Å². The van der Waals surface area contributed by atoms with Gasteiger partial charge in [-0.05, 0) is 49.4 Å². The highest BCUT2D eigenvalue weighted by molar-refractivity contribution is 6.32. The van der Waals surface area contributed by atoms with E-state index in [1.807, 2.05) is 38.2 Å². The van der Waals surface area contributed by atoms with Crippen LogP contribution in [0.15, 0.2) is 36.4 Å². The molecule has 102 valence electrons. The van der Waals surface area contributed by atoms with Gasteiger partial charge in [-0.15, -0.1) is 0 Å². The molecule has 0 atom stereocenters. The summed E-state index contributed by atoms with van der Waals surface area (Å²) >= 11 is 6.10. The van der Waals surface area contributed by atoms with Crippen LogP contribution in [0.1, 0.15) is 16.7 Å². The first-order valence-electron chi connectivity index (χ1n) is 6.25. The minimum atomic E-state index is 0.496. The fourth-order valence-corrected chi connectivity index (χ4v) is 2.03. The normalized spacial score (nSPS) is 10.1. The van der Waals surface area contributed by atoms with Crippen molar-refractivity contribution in [2.24, 2.45) is 0 Å². The maximum Gasteiger partial charge on any atom is 0.146 e. The zero-order valence-corrected chi connectivity index (χ0v) is 12.2. The lowest BCUT2D eigenvalue weighted by Gasteiger charge is -2.11. The monoisotopic (exact) mass is 286 g/mol. The van der Waals surface area contributed by atoms with Gasteiger partial charge in [0.05, 0.1) is 10.6 Å². The Morgan fingerprint density at radius 3 is 2.70 bits per heavy atom. The molecular formula is C16H15ClN2O. The Labute approximate surface area is 123 Å². The summed E-state index contributed by atoms with van der Waals surface area (Å²) in [5.41, 5.74) is 2.58. The summed E-state index contributed by atoms with van der Waals surface area (Å²) in [6, 6.07) is 13.2. The molecule has 0 fully saturated rings. The number of hydrogen-bond acceptors (Lipinski definition) is 3. The standard InChI is InChI=1S/C16H15ClN2O/c1-11-3-5-14(17)16(7-11)20-15-6-4-12(10-19-2)8-13(15)9-18/h3-8,19H,10H2,1-2H3. The third kappa shape index (κ3) is 3.30. The number of nitrogens with one attached hydrogen (secondary N) is 1. The summed E-state index contributed by atoms with van der Waals surface area (Å²) < 4.78 is 5.77. The van der Waals surface area contributed by atoms with Crippen molar-refractivity contribution >= 4 is 11.6 Å². The van der Waals surface area contributed by atoms with E-state index in [1.54, 1.807) is 12.1 Å². The molecule has 0 aromatic heterocycles. The third-order valence-electron chi connectivity index (χ3n) is 2.85. The maximum absolute atomic E-state index is 9.23.